The molecule has 0 N–H and O–H groups in total. The monoisotopic (exact) mass is 287 g/mol. The van der Waals surface area contributed by atoms with E-state index in [1.807, 2.05) is 42.5 Å². The second kappa shape index (κ2) is 5.17. The first-order chi connectivity index (χ1) is 9.69. The molecular weight excluding hydrogens is 274 g/mol. The summed E-state index contributed by atoms with van der Waals surface area (Å²) in [7, 11) is 1.64. The van der Waals surface area contributed by atoms with Crippen LogP contribution in [-0.4, -0.2) is 13.0 Å². The van der Waals surface area contributed by atoms with Gasteiger partial charge in [-0.1, -0.05) is 29.8 Å². The molecule has 1 amide bonds. The van der Waals surface area contributed by atoms with E-state index in [0.29, 0.717) is 18.0 Å². The van der Waals surface area contributed by atoms with Crippen molar-refractivity contribution in [2.24, 2.45) is 0 Å². The molecule has 3 rings (SSSR count). The quantitative estimate of drug-likeness (QED) is 0.865. The van der Waals surface area contributed by atoms with Crippen molar-refractivity contribution in [2.45, 2.75) is 13.0 Å². The molecule has 0 aliphatic carbocycles. The van der Waals surface area contributed by atoms with Gasteiger partial charge in [-0.05, 0) is 29.8 Å². The van der Waals surface area contributed by atoms with Gasteiger partial charge in [-0.3, -0.25) is 4.79 Å². The van der Waals surface area contributed by atoms with Crippen molar-refractivity contribution in [1.29, 1.82) is 0 Å². The van der Waals surface area contributed by atoms with Gasteiger partial charge < -0.3 is 9.64 Å². The highest BCUT2D eigenvalue weighted by Crippen LogP contribution is 2.35. The third-order valence-corrected chi connectivity index (χ3v) is 3.87. The molecule has 0 fully saturated rings. The van der Waals surface area contributed by atoms with Gasteiger partial charge in [-0.2, -0.15) is 0 Å². The lowest BCUT2D eigenvalue weighted by molar-refractivity contribution is -0.117. The van der Waals surface area contributed by atoms with Gasteiger partial charge in [0.15, 0.2) is 0 Å². The molecule has 0 atom stereocenters. The van der Waals surface area contributed by atoms with Gasteiger partial charge in [-0.15, -0.1) is 0 Å². The molecule has 1 aliphatic rings. The van der Waals surface area contributed by atoms with Gasteiger partial charge in [0.2, 0.25) is 5.91 Å². The maximum atomic E-state index is 12.2. The first kappa shape index (κ1) is 13.0. The molecule has 0 unspecified atom stereocenters. The molecule has 0 radical (unpaired) electrons. The van der Waals surface area contributed by atoms with Gasteiger partial charge in [0.25, 0.3) is 0 Å². The molecule has 0 saturated heterocycles. The summed E-state index contributed by atoms with van der Waals surface area (Å²) in [5.74, 6) is 0.897. The zero-order valence-electron chi connectivity index (χ0n) is 11.1. The van der Waals surface area contributed by atoms with Crippen LogP contribution < -0.4 is 9.64 Å². The fraction of sp³-hybridized carbons (Fsp3) is 0.188. The average molecular weight is 288 g/mol. The van der Waals surface area contributed by atoms with Crippen LogP contribution in [0.2, 0.25) is 5.02 Å². The topological polar surface area (TPSA) is 29.5 Å². The van der Waals surface area contributed by atoms with E-state index in [1.165, 1.54) is 0 Å². The summed E-state index contributed by atoms with van der Waals surface area (Å²) in [6.45, 7) is 0.552. The lowest BCUT2D eigenvalue weighted by Crippen LogP contribution is -2.25. The summed E-state index contributed by atoms with van der Waals surface area (Å²) in [5.41, 5.74) is 2.90. The van der Waals surface area contributed by atoms with E-state index < -0.39 is 0 Å². The summed E-state index contributed by atoms with van der Waals surface area (Å²) in [6, 6.07) is 13.4. The number of amides is 1. The number of carbonyl (C=O) groups excluding carboxylic acids is 1. The summed E-state index contributed by atoms with van der Waals surface area (Å²) < 4.78 is 5.13. The van der Waals surface area contributed by atoms with Crippen molar-refractivity contribution < 1.29 is 9.53 Å². The van der Waals surface area contributed by atoms with Crippen LogP contribution >= 0.6 is 11.6 Å². The molecule has 0 aromatic heterocycles. The first-order valence-corrected chi connectivity index (χ1v) is 6.77. The molecule has 0 bridgehead atoms. The molecule has 4 heteroatoms. The molecule has 2 aromatic carbocycles. The van der Waals surface area contributed by atoms with E-state index in [-0.39, 0.29) is 5.91 Å². The standard InChI is InChI=1S/C16H14ClNO2/c1-20-12-7-5-11(6-8-12)10-18-15-4-2-3-14(17)13(15)9-16(18)19/h2-8H,9-10H2,1H3. The first-order valence-electron chi connectivity index (χ1n) is 6.39. The molecule has 20 heavy (non-hydrogen) atoms. The fourth-order valence-electron chi connectivity index (χ4n) is 2.44. The Labute approximate surface area is 122 Å². The number of anilines is 1. The Hall–Kier alpha value is -2.00. The number of nitrogens with zero attached hydrogens (tertiary/aromatic N) is 1. The molecule has 1 heterocycles. The molecule has 3 nitrogen and oxygen atoms in total. The van der Waals surface area contributed by atoms with E-state index >= 15 is 0 Å². The SMILES string of the molecule is COc1ccc(CN2C(=O)Cc3c(Cl)cccc32)cc1. The van der Waals surface area contributed by atoms with Crippen LogP contribution in [0.25, 0.3) is 0 Å². The molecule has 0 saturated carbocycles. The van der Waals surface area contributed by atoms with Crippen molar-refractivity contribution >= 4 is 23.2 Å². The zero-order valence-corrected chi connectivity index (χ0v) is 11.9. The van der Waals surface area contributed by atoms with Crippen LogP contribution in [-0.2, 0) is 17.8 Å². The second-order valence-electron chi connectivity index (χ2n) is 4.74. The van der Waals surface area contributed by atoms with Gasteiger partial charge in [-0.25, -0.2) is 0 Å². The number of rotatable bonds is 3. The van der Waals surface area contributed by atoms with Crippen LogP contribution in [0, 0.1) is 0 Å². The van der Waals surface area contributed by atoms with Crippen molar-refractivity contribution in [1.82, 2.24) is 0 Å². The number of fused-ring (bicyclic) bond motifs is 1. The number of carbonyl (C=O) groups is 1. The summed E-state index contributed by atoms with van der Waals surface area (Å²) in [5, 5.41) is 0.660. The van der Waals surface area contributed by atoms with Crippen molar-refractivity contribution in [3.8, 4) is 5.75 Å². The van der Waals surface area contributed by atoms with E-state index in [0.717, 1.165) is 22.6 Å². The van der Waals surface area contributed by atoms with Crippen molar-refractivity contribution in [2.75, 3.05) is 12.0 Å². The maximum absolute atomic E-state index is 12.2. The normalized spacial score (nSPS) is 13.5. The predicted molar refractivity (Wildman–Crippen MR) is 79.3 cm³/mol. The van der Waals surface area contributed by atoms with E-state index in [9.17, 15) is 4.79 Å². The van der Waals surface area contributed by atoms with Crippen LogP contribution in [0.5, 0.6) is 5.75 Å². The smallest absolute Gasteiger partial charge is 0.231 e. The Balaban J connectivity index is 1.88. The Morgan fingerprint density at radius 1 is 1.20 bits per heavy atom. The van der Waals surface area contributed by atoms with Gasteiger partial charge in [0, 0.05) is 16.3 Å². The number of hydrogen-bond acceptors (Lipinski definition) is 2. The molecular formula is C16H14ClNO2. The van der Waals surface area contributed by atoms with Crippen LogP contribution in [0.3, 0.4) is 0 Å². The molecule has 2 aromatic rings. The maximum Gasteiger partial charge on any atom is 0.231 e. The van der Waals surface area contributed by atoms with Gasteiger partial charge in [0.05, 0.1) is 20.1 Å². The molecule has 1 aliphatic heterocycles. The number of ether oxygens (including phenoxy) is 1. The fourth-order valence-corrected chi connectivity index (χ4v) is 2.68. The van der Waals surface area contributed by atoms with E-state index in [4.69, 9.17) is 16.3 Å². The zero-order chi connectivity index (χ0) is 14.1. The second-order valence-corrected chi connectivity index (χ2v) is 5.15. The van der Waals surface area contributed by atoms with Crippen LogP contribution in [0.15, 0.2) is 42.5 Å². The average Bonchev–Trinajstić information content (AvgIpc) is 2.78. The largest absolute Gasteiger partial charge is 0.497 e. The summed E-state index contributed by atoms with van der Waals surface area (Å²) in [6.07, 6.45) is 0.380. The number of methoxy groups -OCH3 is 1. The van der Waals surface area contributed by atoms with Crippen LogP contribution in [0.4, 0.5) is 5.69 Å². The summed E-state index contributed by atoms with van der Waals surface area (Å²) in [4.78, 5) is 13.9. The highest BCUT2D eigenvalue weighted by molar-refractivity contribution is 6.32. The third-order valence-electron chi connectivity index (χ3n) is 3.51. The van der Waals surface area contributed by atoms with Gasteiger partial charge >= 0.3 is 0 Å². The van der Waals surface area contributed by atoms with Crippen molar-refractivity contribution in [3.05, 3.63) is 58.6 Å². The third kappa shape index (κ3) is 2.25. The minimum atomic E-state index is 0.0870. The minimum absolute atomic E-state index is 0.0870. The number of hydrogen-bond donors (Lipinski definition) is 0. The Morgan fingerprint density at radius 2 is 1.95 bits per heavy atom. The molecule has 102 valence electrons. The molecule has 0 spiro atoms. The Bertz CT molecular complexity index is 652. The number of halogens is 1. The van der Waals surface area contributed by atoms with Crippen LogP contribution in [0.1, 0.15) is 11.1 Å². The minimum Gasteiger partial charge on any atom is -0.497 e. The predicted octanol–water partition coefficient (Wildman–Crippen LogP) is 3.44. The highest BCUT2D eigenvalue weighted by atomic mass is 35.5. The van der Waals surface area contributed by atoms with E-state index in [1.54, 1.807) is 12.0 Å². The van der Waals surface area contributed by atoms with E-state index in [2.05, 4.69) is 0 Å². The Morgan fingerprint density at radius 3 is 2.65 bits per heavy atom. The highest BCUT2D eigenvalue weighted by Gasteiger charge is 2.28. The lowest BCUT2D eigenvalue weighted by atomic mass is 10.1. The lowest BCUT2D eigenvalue weighted by Gasteiger charge is -2.17. The van der Waals surface area contributed by atoms with Gasteiger partial charge in [0.1, 0.15) is 5.75 Å². The van der Waals surface area contributed by atoms with Crippen molar-refractivity contribution in [3.63, 3.8) is 0 Å². The summed E-state index contributed by atoms with van der Waals surface area (Å²) >= 11 is 6.15. The Kier molecular flexibility index (Phi) is 3.36. The number of benzene rings is 2.